The van der Waals surface area contributed by atoms with Crippen LogP contribution in [0.1, 0.15) is 13.8 Å². The van der Waals surface area contributed by atoms with Gasteiger partial charge in [-0.25, -0.2) is 0 Å². The van der Waals surface area contributed by atoms with Gasteiger partial charge in [0.25, 0.3) is 0 Å². The molecule has 0 aliphatic carbocycles. The van der Waals surface area contributed by atoms with E-state index in [1.165, 1.54) is 9.21 Å². The molecule has 0 aromatic heterocycles. The second kappa shape index (κ2) is 4.36. The van der Waals surface area contributed by atoms with Crippen LogP contribution >= 0.6 is 30.4 Å². The van der Waals surface area contributed by atoms with E-state index in [9.17, 15) is 0 Å². The molecule has 2 nitrogen and oxygen atoms in total. The maximum Gasteiger partial charge on any atom is 0.0804 e. The predicted octanol–water partition coefficient (Wildman–Crippen LogP) is 2.55. The van der Waals surface area contributed by atoms with Crippen LogP contribution in [0.3, 0.4) is 0 Å². The Hall–Kier alpha value is 0.530. The van der Waals surface area contributed by atoms with Crippen LogP contribution in [0.5, 0.6) is 0 Å². The molecular formula is C5H8INOS. The Balaban J connectivity index is 3.49. The van der Waals surface area contributed by atoms with Crippen molar-refractivity contribution in [3.05, 3.63) is 0 Å². The number of halogens is 1. The second-order valence-corrected chi connectivity index (χ2v) is 3.76. The van der Waals surface area contributed by atoms with Gasteiger partial charge in [0.15, 0.2) is 0 Å². The van der Waals surface area contributed by atoms with Crippen LogP contribution in [0, 0.1) is 16.7 Å². The Morgan fingerprint density at radius 1 is 1.78 bits per heavy atom. The number of nitriles is 1. The van der Waals surface area contributed by atoms with Crippen LogP contribution in [0.15, 0.2) is 0 Å². The van der Waals surface area contributed by atoms with Gasteiger partial charge >= 0.3 is 0 Å². The van der Waals surface area contributed by atoms with E-state index in [1.807, 2.05) is 35.1 Å². The third-order valence-corrected chi connectivity index (χ3v) is 1.74. The summed E-state index contributed by atoms with van der Waals surface area (Å²) in [5.41, 5.74) is -0.349. The standard InChI is InChI=1S/C5H8INOS/c1-5(2,3-7)4-8-9-6/h4H2,1-2H3. The SMILES string of the molecule is CC(C)(C#N)COSI. The molecule has 52 valence electrons. The van der Waals surface area contributed by atoms with Gasteiger partial charge in [0.2, 0.25) is 0 Å². The van der Waals surface area contributed by atoms with Crippen LogP contribution in [-0.2, 0) is 4.18 Å². The first-order valence-corrected chi connectivity index (χ1v) is 5.72. The van der Waals surface area contributed by atoms with Crippen molar-refractivity contribution in [3.63, 3.8) is 0 Å². The minimum Gasteiger partial charge on any atom is -0.304 e. The van der Waals surface area contributed by atoms with Crippen LogP contribution in [0.2, 0.25) is 0 Å². The van der Waals surface area contributed by atoms with Gasteiger partial charge in [0.1, 0.15) is 0 Å². The van der Waals surface area contributed by atoms with Gasteiger partial charge in [-0.1, -0.05) is 0 Å². The fourth-order valence-corrected chi connectivity index (χ4v) is 0.922. The van der Waals surface area contributed by atoms with Gasteiger partial charge in [0.05, 0.1) is 27.3 Å². The summed E-state index contributed by atoms with van der Waals surface area (Å²) < 4.78 is 4.97. The van der Waals surface area contributed by atoms with Crippen molar-refractivity contribution in [2.75, 3.05) is 6.61 Å². The summed E-state index contributed by atoms with van der Waals surface area (Å²) in [5, 5.41) is 8.48. The number of rotatable bonds is 3. The van der Waals surface area contributed by atoms with Gasteiger partial charge in [-0.2, -0.15) is 5.26 Å². The number of hydrogen-bond donors (Lipinski definition) is 0. The zero-order valence-electron chi connectivity index (χ0n) is 5.35. The molecule has 0 fully saturated rings. The van der Waals surface area contributed by atoms with E-state index < -0.39 is 0 Å². The summed E-state index contributed by atoms with van der Waals surface area (Å²) in [4.78, 5) is 0. The molecule has 0 atom stereocenters. The van der Waals surface area contributed by atoms with Gasteiger partial charge in [-0.3, -0.25) is 0 Å². The summed E-state index contributed by atoms with van der Waals surface area (Å²) in [6.45, 7) is 4.18. The van der Waals surface area contributed by atoms with E-state index in [4.69, 9.17) is 9.44 Å². The van der Waals surface area contributed by atoms with Crippen molar-refractivity contribution in [2.45, 2.75) is 13.8 Å². The molecule has 0 aromatic carbocycles. The zero-order chi connectivity index (χ0) is 7.33. The Labute approximate surface area is 71.7 Å². The molecule has 0 bridgehead atoms. The van der Waals surface area contributed by atoms with Crippen molar-refractivity contribution < 1.29 is 4.18 Å². The Bertz CT molecular complexity index is 121. The van der Waals surface area contributed by atoms with Crippen molar-refractivity contribution in [1.29, 1.82) is 5.26 Å². The Kier molecular flexibility index (Phi) is 4.62. The van der Waals surface area contributed by atoms with E-state index in [0.717, 1.165) is 0 Å². The van der Waals surface area contributed by atoms with E-state index in [0.29, 0.717) is 6.61 Å². The summed E-state index contributed by atoms with van der Waals surface area (Å²) in [6.07, 6.45) is 0. The molecule has 0 rings (SSSR count). The molecule has 0 aromatic rings. The third-order valence-electron chi connectivity index (χ3n) is 0.767. The topological polar surface area (TPSA) is 33.0 Å². The van der Waals surface area contributed by atoms with E-state index in [-0.39, 0.29) is 5.41 Å². The van der Waals surface area contributed by atoms with Crippen LogP contribution < -0.4 is 0 Å². The summed E-state index contributed by atoms with van der Waals surface area (Å²) in [5.74, 6) is 0. The van der Waals surface area contributed by atoms with Gasteiger partial charge in [-0.15, -0.1) is 0 Å². The average molecular weight is 257 g/mol. The van der Waals surface area contributed by atoms with Crippen LogP contribution in [0.25, 0.3) is 0 Å². The molecule has 0 unspecified atom stereocenters. The minimum absolute atomic E-state index is 0.349. The second-order valence-electron chi connectivity index (χ2n) is 2.32. The maximum atomic E-state index is 8.48. The van der Waals surface area contributed by atoms with E-state index in [2.05, 4.69) is 6.07 Å². The molecule has 0 spiro atoms. The molecule has 0 amide bonds. The smallest absolute Gasteiger partial charge is 0.0804 e. The highest BCUT2D eigenvalue weighted by atomic mass is 127. The summed E-state index contributed by atoms with van der Waals surface area (Å²) in [6, 6.07) is 2.13. The lowest BCUT2D eigenvalue weighted by Gasteiger charge is -2.11. The average Bonchev–Trinajstić information content (AvgIpc) is 1.84. The largest absolute Gasteiger partial charge is 0.304 e. The summed E-state index contributed by atoms with van der Waals surface area (Å²) >= 11 is 2.03. The lowest BCUT2D eigenvalue weighted by molar-refractivity contribution is 0.266. The van der Waals surface area contributed by atoms with Crippen molar-refractivity contribution in [2.24, 2.45) is 5.41 Å². The predicted molar refractivity (Wildman–Crippen MR) is 47.0 cm³/mol. The lowest BCUT2D eigenvalue weighted by Crippen LogP contribution is -2.13. The Morgan fingerprint density at radius 3 is 2.67 bits per heavy atom. The van der Waals surface area contributed by atoms with E-state index in [1.54, 1.807) is 0 Å². The molecule has 0 N–H and O–H groups in total. The fraction of sp³-hybridized carbons (Fsp3) is 0.800. The summed E-state index contributed by atoms with van der Waals surface area (Å²) in [7, 11) is 1.26. The molecule has 9 heavy (non-hydrogen) atoms. The Morgan fingerprint density at radius 2 is 2.33 bits per heavy atom. The number of hydrogen-bond acceptors (Lipinski definition) is 3. The van der Waals surface area contributed by atoms with Crippen LogP contribution in [0.4, 0.5) is 0 Å². The van der Waals surface area contributed by atoms with E-state index >= 15 is 0 Å². The first kappa shape index (κ1) is 9.53. The maximum absolute atomic E-state index is 8.48. The first-order valence-electron chi connectivity index (χ1n) is 2.44. The number of nitrogens with zero attached hydrogens (tertiary/aromatic N) is 1. The molecule has 0 aliphatic heterocycles. The molecule has 0 radical (unpaired) electrons. The fourth-order valence-electron chi connectivity index (χ4n) is 0.202. The molecule has 0 saturated carbocycles. The molecule has 4 heteroatoms. The normalized spacial score (nSPS) is 10.9. The first-order chi connectivity index (χ1) is 4.12. The monoisotopic (exact) mass is 257 g/mol. The van der Waals surface area contributed by atoms with Crippen LogP contribution in [-0.4, -0.2) is 6.61 Å². The van der Waals surface area contributed by atoms with Gasteiger partial charge in [-0.05, 0) is 13.8 Å². The third kappa shape index (κ3) is 5.00. The zero-order valence-corrected chi connectivity index (χ0v) is 8.32. The van der Waals surface area contributed by atoms with Crippen molar-refractivity contribution >= 4 is 30.4 Å². The van der Waals surface area contributed by atoms with Gasteiger partial charge < -0.3 is 4.18 Å². The molecule has 0 aliphatic rings. The highest BCUT2D eigenvalue weighted by Gasteiger charge is 2.16. The van der Waals surface area contributed by atoms with Gasteiger partial charge in [0, 0.05) is 21.2 Å². The lowest BCUT2D eigenvalue weighted by atomic mass is 9.98. The molecular weight excluding hydrogens is 249 g/mol. The van der Waals surface area contributed by atoms with Crippen molar-refractivity contribution in [1.82, 2.24) is 0 Å². The highest BCUT2D eigenvalue weighted by Crippen LogP contribution is 2.20. The molecule has 0 heterocycles. The van der Waals surface area contributed by atoms with Crippen molar-refractivity contribution in [3.8, 4) is 6.07 Å². The minimum atomic E-state index is -0.349. The molecule has 0 saturated heterocycles. The quantitative estimate of drug-likeness (QED) is 0.575. The highest BCUT2D eigenvalue weighted by molar-refractivity contribution is 14.2.